The maximum absolute atomic E-state index is 10.8. The predicted molar refractivity (Wildman–Crippen MR) is 80.6 cm³/mol. The molecule has 0 saturated carbocycles. The number of aliphatic hydroxyl groups excluding tert-OH is 1. The van der Waals surface area contributed by atoms with Crippen LogP contribution in [0.5, 0.6) is 11.5 Å². The molecule has 1 N–H and O–H groups in total. The van der Waals surface area contributed by atoms with Crippen molar-refractivity contribution in [1.82, 2.24) is 0 Å². The predicted octanol–water partition coefficient (Wildman–Crippen LogP) is 2.72. The van der Waals surface area contributed by atoms with Crippen LogP contribution in [0, 0.1) is 0 Å². The van der Waals surface area contributed by atoms with E-state index in [0.717, 1.165) is 12.8 Å². The van der Waals surface area contributed by atoms with Crippen molar-refractivity contribution in [1.29, 1.82) is 0 Å². The molecule has 0 aromatic heterocycles. The molecule has 0 bridgehead atoms. The zero-order chi connectivity index (χ0) is 15.7. The Hall–Kier alpha value is -1.30. The second kappa shape index (κ2) is 9.60. The van der Waals surface area contributed by atoms with Crippen molar-refractivity contribution in [3.8, 4) is 11.5 Å². The third-order valence-corrected chi connectivity index (χ3v) is 3.04. The maximum atomic E-state index is 10.8. The van der Waals surface area contributed by atoms with Gasteiger partial charge < -0.3 is 19.3 Å². The number of methoxy groups -OCH3 is 1. The second-order valence-electron chi connectivity index (χ2n) is 4.55. The average Bonchev–Trinajstić information content (AvgIpc) is 2.49. The molecule has 6 heteroatoms. The van der Waals surface area contributed by atoms with Crippen LogP contribution in [0.1, 0.15) is 30.1 Å². The van der Waals surface area contributed by atoms with Gasteiger partial charge in [0.05, 0.1) is 18.7 Å². The quantitative estimate of drug-likeness (QED) is 0.531. The fourth-order valence-corrected chi connectivity index (χ4v) is 1.91. The van der Waals surface area contributed by atoms with Gasteiger partial charge in [0.25, 0.3) is 0 Å². The van der Waals surface area contributed by atoms with Crippen LogP contribution in [-0.4, -0.2) is 44.4 Å². The van der Waals surface area contributed by atoms with Gasteiger partial charge in [0.2, 0.25) is 0 Å². The Balaban J connectivity index is 2.56. The van der Waals surface area contributed by atoms with Crippen LogP contribution in [-0.2, 0) is 4.74 Å². The molecule has 0 fully saturated rings. The van der Waals surface area contributed by atoms with Crippen molar-refractivity contribution in [2.45, 2.75) is 25.9 Å². The smallest absolute Gasteiger partial charge is 0.179 e. The number of ether oxygens (including phenoxy) is 3. The number of carbonyl (C=O) groups excluding carboxylic acids is 1. The molecule has 0 amide bonds. The van der Waals surface area contributed by atoms with E-state index in [4.69, 9.17) is 25.8 Å². The van der Waals surface area contributed by atoms with Gasteiger partial charge in [-0.05, 0) is 18.6 Å². The number of carbonyl (C=O) groups is 1. The normalized spacial score (nSPS) is 12.0. The minimum absolute atomic E-state index is 0.0304. The molecule has 0 radical (unpaired) electrons. The van der Waals surface area contributed by atoms with Crippen molar-refractivity contribution in [2.24, 2.45) is 0 Å². The lowest BCUT2D eigenvalue weighted by molar-refractivity contribution is 0.0109. The summed E-state index contributed by atoms with van der Waals surface area (Å²) in [5, 5.41) is 10.0. The van der Waals surface area contributed by atoms with Crippen molar-refractivity contribution < 1.29 is 24.1 Å². The molecule has 1 aromatic rings. The standard InChI is InChI=1S/C15H21ClO5/c1-3-4-5-20-9-12(18)10-21-15-13(16)6-11(8-17)7-14(15)19-2/h6-8,12,18H,3-5,9-10H2,1-2H3. The van der Waals surface area contributed by atoms with Gasteiger partial charge in [0.1, 0.15) is 19.0 Å². The molecule has 5 nitrogen and oxygen atoms in total. The highest BCUT2D eigenvalue weighted by molar-refractivity contribution is 6.32. The number of aliphatic hydroxyl groups is 1. The highest BCUT2D eigenvalue weighted by Crippen LogP contribution is 2.36. The maximum Gasteiger partial charge on any atom is 0.179 e. The summed E-state index contributed by atoms with van der Waals surface area (Å²) in [6, 6.07) is 3.01. The Morgan fingerprint density at radius 3 is 2.76 bits per heavy atom. The number of rotatable bonds is 10. The molecule has 0 heterocycles. The van der Waals surface area contributed by atoms with E-state index in [1.807, 2.05) is 0 Å². The summed E-state index contributed by atoms with van der Waals surface area (Å²) in [6.45, 7) is 2.92. The summed E-state index contributed by atoms with van der Waals surface area (Å²) in [6.07, 6.45) is 1.92. The van der Waals surface area contributed by atoms with Crippen LogP contribution >= 0.6 is 11.6 Å². The van der Waals surface area contributed by atoms with E-state index in [2.05, 4.69) is 6.92 Å². The van der Waals surface area contributed by atoms with E-state index in [1.54, 1.807) is 0 Å². The minimum atomic E-state index is -0.756. The highest BCUT2D eigenvalue weighted by Gasteiger charge is 2.14. The van der Waals surface area contributed by atoms with Gasteiger partial charge >= 0.3 is 0 Å². The second-order valence-corrected chi connectivity index (χ2v) is 4.95. The molecule has 1 rings (SSSR count). The van der Waals surface area contributed by atoms with E-state index >= 15 is 0 Å². The first kappa shape index (κ1) is 17.8. The highest BCUT2D eigenvalue weighted by atomic mass is 35.5. The van der Waals surface area contributed by atoms with Crippen LogP contribution in [0.25, 0.3) is 0 Å². The summed E-state index contributed by atoms with van der Waals surface area (Å²) in [4.78, 5) is 10.8. The van der Waals surface area contributed by atoms with E-state index in [0.29, 0.717) is 30.0 Å². The molecule has 1 atom stereocenters. The van der Waals surface area contributed by atoms with Gasteiger partial charge in [-0.15, -0.1) is 0 Å². The largest absolute Gasteiger partial charge is 0.493 e. The molecule has 0 saturated heterocycles. The zero-order valence-corrected chi connectivity index (χ0v) is 13.1. The van der Waals surface area contributed by atoms with Gasteiger partial charge in [-0.3, -0.25) is 4.79 Å². The van der Waals surface area contributed by atoms with Gasteiger partial charge in [0, 0.05) is 12.2 Å². The lowest BCUT2D eigenvalue weighted by Gasteiger charge is -2.16. The van der Waals surface area contributed by atoms with Crippen molar-refractivity contribution >= 4 is 17.9 Å². The van der Waals surface area contributed by atoms with E-state index < -0.39 is 6.10 Å². The molecule has 0 aliphatic rings. The van der Waals surface area contributed by atoms with Crippen molar-refractivity contribution in [3.63, 3.8) is 0 Å². The first-order valence-corrected chi connectivity index (χ1v) is 7.21. The van der Waals surface area contributed by atoms with Crippen molar-refractivity contribution in [3.05, 3.63) is 22.7 Å². The number of unbranched alkanes of at least 4 members (excludes halogenated alkanes) is 1. The Kier molecular flexibility index (Phi) is 8.12. The third-order valence-electron chi connectivity index (χ3n) is 2.76. The molecule has 118 valence electrons. The van der Waals surface area contributed by atoms with Crippen LogP contribution in [0.15, 0.2) is 12.1 Å². The van der Waals surface area contributed by atoms with Crippen LogP contribution < -0.4 is 9.47 Å². The van der Waals surface area contributed by atoms with E-state index in [9.17, 15) is 9.90 Å². The first-order chi connectivity index (χ1) is 10.1. The third kappa shape index (κ3) is 5.91. The fourth-order valence-electron chi connectivity index (χ4n) is 1.64. The zero-order valence-electron chi connectivity index (χ0n) is 12.3. The SMILES string of the molecule is CCCCOCC(O)COc1c(Cl)cc(C=O)cc1OC. The van der Waals surface area contributed by atoms with Crippen molar-refractivity contribution in [2.75, 3.05) is 26.9 Å². The monoisotopic (exact) mass is 316 g/mol. The molecule has 0 spiro atoms. The molecular formula is C15H21ClO5. The lowest BCUT2D eigenvalue weighted by atomic mass is 10.2. The van der Waals surface area contributed by atoms with E-state index in [-0.39, 0.29) is 18.2 Å². The molecule has 21 heavy (non-hydrogen) atoms. The molecule has 0 aliphatic carbocycles. The van der Waals surface area contributed by atoms with E-state index in [1.165, 1.54) is 19.2 Å². The molecule has 0 aliphatic heterocycles. The topological polar surface area (TPSA) is 65.0 Å². The summed E-state index contributed by atoms with van der Waals surface area (Å²) in [5.74, 6) is 0.654. The number of halogens is 1. The van der Waals surface area contributed by atoms with Gasteiger partial charge in [-0.25, -0.2) is 0 Å². The van der Waals surface area contributed by atoms with Gasteiger partial charge in [-0.2, -0.15) is 0 Å². The first-order valence-electron chi connectivity index (χ1n) is 6.83. The Labute approximate surface area is 129 Å². The Bertz CT molecular complexity index is 450. The summed E-state index contributed by atoms with van der Waals surface area (Å²) >= 11 is 6.04. The van der Waals surface area contributed by atoms with Gasteiger partial charge in [-0.1, -0.05) is 24.9 Å². The Morgan fingerprint density at radius 2 is 2.14 bits per heavy atom. The molecule has 1 unspecified atom stereocenters. The minimum Gasteiger partial charge on any atom is -0.493 e. The number of hydrogen-bond acceptors (Lipinski definition) is 5. The summed E-state index contributed by atoms with van der Waals surface area (Å²) in [5.41, 5.74) is 0.396. The van der Waals surface area contributed by atoms with Crippen LogP contribution in [0.2, 0.25) is 5.02 Å². The summed E-state index contributed by atoms with van der Waals surface area (Å²) < 4.78 is 15.9. The summed E-state index contributed by atoms with van der Waals surface area (Å²) in [7, 11) is 1.46. The molecular weight excluding hydrogens is 296 g/mol. The van der Waals surface area contributed by atoms with Crippen LogP contribution in [0.3, 0.4) is 0 Å². The number of aldehydes is 1. The average molecular weight is 317 g/mol. The molecule has 1 aromatic carbocycles. The lowest BCUT2D eigenvalue weighted by Crippen LogP contribution is -2.24. The number of benzene rings is 1. The van der Waals surface area contributed by atoms with Crippen LogP contribution in [0.4, 0.5) is 0 Å². The Morgan fingerprint density at radius 1 is 1.38 bits per heavy atom. The number of hydrogen-bond donors (Lipinski definition) is 1. The van der Waals surface area contributed by atoms with Gasteiger partial charge in [0.15, 0.2) is 11.5 Å². The fraction of sp³-hybridized carbons (Fsp3) is 0.533.